The van der Waals surface area contributed by atoms with Crippen LogP contribution in [0.5, 0.6) is 0 Å². The molecule has 110 valence electrons. The zero-order chi connectivity index (χ0) is 14.8. The van der Waals surface area contributed by atoms with Gasteiger partial charge >= 0.3 is 0 Å². The van der Waals surface area contributed by atoms with Gasteiger partial charge in [0.2, 0.25) is 0 Å². The van der Waals surface area contributed by atoms with Crippen molar-refractivity contribution >= 4 is 11.7 Å². The molecule has 1 amide bonds. The SMILES string of the molecule is Cc1cc(C(=O)NC2(C(N)=NO)CCC(C)CC2)no1. The molecule has 0 spiro atoms. The highest BCUT2D eigenvalue weighted by Crippen LogP contribution is 2.32. The minimum Gasteiger partial charge on any atom is -0.409 e. The lowest BCUT2D eigenvalue weighted by molar-refractivity contribution is 0.0888. The molecule has 0 radical (unpaired) electrons. The number of aromatic nitrogens is 1. The van der Waals surface area contributed by atoms with Crippen LogP contribution >= 0.6 is 0 Å². The summed E-state index contributed by atoms with van der Waals surface area (Å²) in [6.45, 7) is 3.87. The summed E-state index contributed by atoms with van der Waals surface area (Å²) in [5.41, 5.74) is 5.20. The zero-order valence-corrected chi connectivity index (χ0v) is 11.7. The van der Waals surface area contributed by atoms with E-state index in [0.717, 1.165) is 12.8 Å². The van der Waals surface area contributed by atoms with Crippen molar-refractivity contribution < 1.29 is 14.5 Å². The lowest BCUT2D eigenvalue weighted by Gasteiger charge is -2.38. The maximum Gasteiger partial charge on any atom is 0.274 e. The Hall–Kier alpha value is -2.05. The van der Waals surface area contributed by atoms with Crippen LogP contribution in [0, 0.1) is 12.8 Å². The summed E-state index contributed by atoms with van der Waals surface area (Å²) in [5.74, 6) is 0.798. The standard InChI is InChI=1S/C13H20N4O3/c1-8-3-5-13(6-4-8,12(14)16-19)15-11(18)10-7-9(2)20-17-10/h7-8,19H,3-6H2,1-2H3,(H2,14,16)(H,15,18). The van der Waals surface area contributed by atoms with Gasteiger partial charge in [0.15, 0.2) is 11.5 Å². The predicted molar refractivity (Wildman–Crippen MR) is 72.5 cm³/mol. The molecule has 7 nitrogen and oxygen atoms in total. The van der Waals surface area contributed by atoms with E-state index in [1.807, 2.05) is 0 Å². The number of hydrogen-bond donors (Lipinski definition) is 3. The van der Waals surface area contributed by atoms with Crippen LogP contribution in [0.25, 0.3) is 0 Å². The van der Waals surface area contributed by atoms with Gasteiger partial charge in [0.05, 0.1) is 0 Å². The number of nitrogens with zero attached hydrogens (tertiary/aromatic N) is 2. The van der Waals surface area contributed by atoms with Crippen LogP contribution < -0.4 is 11.1 Å². The van der Waals surface area contributed by atoms with Crippen molar-refractivity contribution in [3.05, 3.63) is 17.5 Å². The van der Waals surface area contributed by atoms with E-state index in [1.54, 1.807) is 13.0 Å². The first-order valence-corrected chi connectivity index (χ1v) is 6.71. The van der Waals surface area contributed by atoms with Crippen LogP contribution in [0.1, 0.15) is 48.9 Å². The van der Waals surface area contributed by atoms with Gasteiger partial charge in [0.1, 0.15) is 11.3 Å². The van der Waals surface area contributed by atoms with Crippen molar-refractivity contribution in [3.63, 3.8) is 0 Å². The molecule has 1 saturated carbocycles. The first-order chi connectivity index (χ1) is 9.47. The normalized spacial score (nSPS) is 27.3. The Labute approximate surface area is 117 Å². The Morgan fingerprint density at radius 3 is 2.75 bits per heavy atom. The van der Waals surface area contributed by atoms with Crippen molar-refractivity contribution in [2.75, 3.05) is 0 Å². The Kier molecular flexibility index (Phi) is 3.96. The lowest BCUT2D eigenvalue weighted by Crippen LogP contribution is -2.59. The molecule has 1 aromatic heterocycles. The van der Waals surface area contributed by atoms with Crippen molar-refractivity contribution in [1.29, 1.82) is 0 Å². The van der Waals surface area contributed by atoms with Crippen LogP contribution in [0.4, 0.5) is 0 Å². The molecule has 20 heavy (non-hydrogen) atoms. The van der Waals surface area contributed by atoms with E-state index in [4.69, 9.17) is 15.5 Å². The fraction of sp³-hybridized carbons (Fsp3) is 0.615. The van der Waals surface area contributed by atoms with Gasteiger partial charge in [0.25, 0.3) is 5.91 Å². The summed E-state index contributed by atoms with van der Waals surface area (Å²) in [6, 6.07) is 1.56. The van der Waals surface area contributed by atoms with E-state index < -0.39 is 5.54 Å². The lowest BCUT2D eigenvalue weighted by atomic mass is 9.76. The Morgan fingerprint density at radius 2 is 2.25 bits per heavy atom. The molecule has 1 aliphatic rings. The fourth-order valence-corrected chi connectivity index (χ4v) is 2.55. The van der Waals surface area contributed by atoms with E-state index in [1.165, 1.54) is 0 Å². The third-order valence-electron chi connectivity index (χ3n) is 3.94. The Bertz CT molecular complexity index is 515. The van der Waals surface area contributed by atoms with Gasteiger partial charge in [-0.25, -0.2) is 0 Å². The number of oxime groups is 1. The summed E-state index contributed by atoms with van der Waals surface area (Å²) in [5, 5.41) is 18.6. The molecule has 1 aromatic rings. The van der Waals surface area contributed by atoms with Crippen molar-refractivity contribution in [1.82, 2.24) is 10.5 Å². The van der Waals surface area contributed by atoms with Crippen LogP contribution in [0.3, 0.4) is 0 Å². The second-order valence-corrected chi connectivity index (χ2v) is 5.53. The van der Waals surface area contributed by atoms with E-state index >= 15 is 0 Å². The first-order valence-electron chi connectivity index (χ1n) is 6.71. The highest BCUT2D eigenvalue weighted by molar-refractivity contribution is 5.99. The number of nitrogens with one attached hydrogen (secondary N) is 1. The summed E-state index contributed by atoms with van der Waals surface area (Å²) in [7, 11) is 0. The molecule has 1 fully saturated rings. The molecule has 0 bridgehead atoms. The maximum atomic E-state index is 12.2. The molecule has 0 saturated heterocycles. The first kappa shape index (κ1) is 14.4. The van der Waals surface area contributed by atoms with Crippen molar-refractivity contribution in [2.24, 2.45) is 16.8 Å². The summed E-state index contributed by atoms with van der Waals surface area (Å²) in [6.07, 6.45) is 3.11. The molecule has 0 aromatic carbocycles. The van der Waals surface area contributed by atoms with Crippen LogP contribution in [0.15, 0.2) is 15.7 Å². The molecule has 4 N–H and O–H groups in total. The summed E-state index contributed by atoms with van der Waals surface area (Å²) >= 11 is 0. The minimum atomic E-state index is -0.800. The number of carbonyl (C=O) groups excluding carboxylic acids is 1. The third-order valence-corrected chi connectivity index (χ3v) is 3.94. The molecule has 0 unspecified atom stereocenters. The zero-order valence-electron chi connectivity index (χ0n) is 11.7. The molecule has 0 aliphatic heterocycles. The van der Waals surface area contributed by atoms with Gasteiger partial charge in [-0.1, -0.05) is 17.2 Å². The molecule has 1 aliphatic carbocycles. The minimum absolute atomic E-state index is 0.0398. The predicted octanol–water partition coefficient (Wildman–Crippen LogP) is 1.41. The maximum absolute atomic E-state index is 12.2. The quantitative estimate of drug-likeness (QED) is 0.335. The topological polar surface area (TPSA) is 114 Å². The smallest absolute Gasteiger partial charge is 0.274 e. The average Bonchev–Trinajstić information content (AvgIpc) is 2.87. The number of aryl methyl sites for hydroxylation is 1. The van der Waals surface area contributed by atoms with Gasteiger partial charge in [0, 0.05) is 6.07 Å². The van der Waals surface area contributed by atoms with E-state index in [0.29, 0.717) is 24.5 Å². The highest BCUT2D eigenvalue weighted by Gasteiger charge is 2.40. The van der Waals surface area contributed by atoms with Crippen LogP contribution in [-0.2, 0) is 0 Å². The third kappa shape index (κ3) is 2.76. The highest BCUT2D eigenvalue weighted by atomic mass is 16.5. The Morgan fingerprint density at radius 1 is 1.60 bits per heavy atom. The van der Waals surface area contributed by atoms with Crippen molar-refractivity contribution in [2.45, 2.75) is 45.1 Å². The van der Waals surface area contributed by atoms with Gasteiger partial charge in [-0.2, -0.15) is 0 Å². The largest absolute Gasteiger partial charge is 0.409 e. The second-order valence-electron chi connectivity index (χ2n) is 5.53. The Balaban J connectivity index is 2.18. The summed E-state index contributed by atoms with van der Waals surface area (Å²) < 4.78 is 4.89. The van der Waals surface area contributed by atoms with E-state index in [-0.39, 0.29) is 17.4 Å². The molecule has 7 heteroatoms. The molecule has 0 atom stereocenters. The van der Waals surface area contributed by atoms with Gasteiger partial charge < -0.3 is 20.8 Å². The molecular weight excluding hydrogens is 260 g/mol. The monoisotopic (exact) mass is 280 g/mol. The number of hydrogen-bond acceptors (Lipinski definition) is 5. The van der Waals surface area contributed by atoms with Crippen LogP contribution in [-0.4, -0.2) is 27.6 Å². The number of rotatable bonds is 3. The average molecular weight is 280 g/mol. The summed E-state index contributed by atoms with van der Waals surface area (Å²) in [4.78, 5) is 12.2. The van der Waals surface area contributed by atoms with Crippen LogP contribution in [0.2, 0.25) is 0 Å². The fourth-order valence-electron chi connectivity index (χ4n) is 2.55. The number of amidine groups is 1. The molecular formula is C13H20N4O3. The van der Waals surface area contributed by atoms with E-state index in [9.17, 15) is 4.79 Å². The number of carbonyl (C=O) groups is 1. The second kappa shape index (κ2) is 5.52. The molecule has 2 rings (SSSR count). The molecule has 1 heterocycles. The van der Waals surface area contributed by atoms with Crippen molar-refractivity contribution in [3.8, 4) is 0 Å². The van der Waals surface area contributed by atoms with Gasteiger partial charge in [-0.3, -0.25) is 4.79 Å². The van der Waals surface area contributed by atoms with E-state index in [2.05, 4.69) is 22.6 Å². The van der Waals surface area contributed by atoms with Gasteiger partial charge in [-0.15, -0.1) is 0 Å². The number of amides is 1. The van der Waals surface area contributed by atoms with Gasteiger partial charge in [-0.05, 0) is 38.5 Å². The number of nitrogens with two attached hydrogens (primary N) is 1.